The molecular weight excluding hydrogens is 478 g/mol. The van der Waals surface area contributed by atoms with Gasteiger partial charge in [0, 0.05) is 19.2 Å². The summed E-state index contributed by atoms with van der Waals surface area (Å²) in [5, 5.41) is 22.9. The number of ether oxygens (including phenoxy) is 2. The molecule has 2 aliphatic rings. The molecule has 7 heteroatoms. The second kappa shape index (κ2) is 16.4. The molecule has 3 atom stereocenters. The van der Waals surface area contributed by atoms with E-state index in [1.807, 2.05) is 18.3 Å². The predicted octanol–water partition coefficient (Wildman–Crippen LogP) is 5.03. The molecule has 0 radical (unpaired) electrons. The molecule has 3 unspecified atom stereocenters. The fourth-order valence-electron chi connectivity index (χ4n) is 4.63. The fourth-order valence-corrected chi connectivity index (χ4v) is 4.63. The van der Waals surface area contributed by atoms with Crippen molar-refractivity contribution in [1.82, 2.24) is 5.32 Å². The molecular formula is C31H47N3O4. The Morgan fingerprint density at radius 1 is 1.16 bits per heavy atom. The molecule has 38 heavy (non-hydrogen) atoms. The van der Waals surface area contributed by atoms with Crippen LogP contribution in [0.15, 0.2) is 46.7 Å². The second-order valence-electron chi connectivity index (χ2n) is 10.5. The summed E-state index contributed by atoms with van der Waals surface area (Å²) in [6.07, 6.45) is 17.6. The van der Waals surface area contributed by atoms with Crippen molar-refractivity contribution >= 4 is 6.21 Å². The number of phenols is 1. The number of hydrogen-bond donors (Lipinski definition) is 4. The van der Waals surface area contributed by atoms with E-state index in [0.29, 0.717) is 31.2 Å². The van der Waals surface area contributed by atoms with Crippen LogP contribution >= 0.6 is 0 Å². The Kier molecular flexibility index (Phi) is 12.9. The Balaban J connectivity index is 1.34. The summed E-state index contributed by atoms with van der Waals surface area (Å²) in [4.78, 5) is 4.52. The van der Waals surface area contributed by atoms with Gasteiger partial charge in [0.25, 0.3) is 0 Å². The van der Waals surface area contributed by atoms with Crippen molar-refractivity contribution in [2.24, 2.45) is 16.6 Å². The first-order valence-corrected chi connectivity index (χ1v) is 14.3. The molecule has 0 fully saturated rings. The average Bonchev–Trinajstić information content (AvgIpc) is 3.56. The normalized spacial score (nSPS) is 18.1. The number of aromatic hydroxyl groups is 1. The summed E-state index contributed by atoms with van der Waals surface area (Å²) in [6.45, 7) is 6.54. The zero-order valence-electron chi connectivity index (χ0n) is 23.2. The maximum absolute atomic E-state index is 10.3. The van der Waals surface area contributed by atoms with Crippen molar-refractivity contribution in [3.05, 3.63) is 59.7 Å². The summed E-state index contributed by atoms with van der Waals surface area (Å²) >= 11 is 0. The highest BCUT2D eigenvalue weighted by Gasteiger charge is 2.25. The molecule has 0 aliphatic carbocycles. The minimum Gasteiger partial charge on any atom is -0.592 e. The standard InChI is InChI=1S/C31H47N3O4/c1-23(20-33-21-24(2)35)26-19-27(34-22-26)15-17-37-31-18-25(10-14-30(31)36)9-11-29-13-12-28(38-29)8-6-4-3-5-7-16-32/h10,12-14,18-19,22-24,28,33,35-36H,3-9,11,15-17,20-21,32H2,1-2H3. The van der Waals surface area contributed by atoms with E-state index in [1.54, 1.807) is 13.0 Å². The third-order valence-electron chi connectivity index (χ3n) is 6.96. The van der Waals surface area contributed by atoms with Crippen LogP contribution in [-0.2, 0) is 11.2 Å². The van der Waals surface area contributed by atoms with Crippen LogP contribution in [0.1, 0.15) is 70.8 Å². The highest BCUT2D eigenvalue weighted by atomic mass is 16.5. The van der Waals surface area contributed by atoms with Gasteiger partial charge in [0.05, 0.1) is 24.5 Å². The molecule has 0 spiro atoms. The number of phenolic OH excluding ortho intramolecular Hbond substituents is 1. The zero-order valence-corrected chi connectivity index (χ0v) is 23.2. The van der Waals surface area contributed by atoms with Crippen LogP contribution in [0.4, 0.5) is 0 Å². The lowest BCUT2D eigenvalue weighted by Crippen LogP contribution is -2.29. The van der Waals surface area contributed by atoms with E-state index in [-0.39, 0.29) is 18.0 Å². The lowest BCUT2D eigenvalue weighted by molar-refractivity contribution is 0.146. The quantitative estimate of drug-likeness (QED) is 0.149. The van der Waals surface area contributed by atoms with E-state index in [9.17, 15) is 10.2 Å². The fraction of sp³-hybridized carbons (Fsp3) is 0.581. The molecule has 1 aromatic rings. The van der Waals surface area contributed by atoms with E-state index < -0.39 is 0 Å². The average molecular weight is 526 g/mol. The lowest BCUT2D eigenvalue weighted by atomic mass is 10.0. The third-order valence-corrected chi connectivity index (χ3v) is 6.96. The number of benzene rings is 1. The largest absolute Gasteiger partial charge is 0.592 e. The smallest absolute Gasteiger partial charge is 0.176 e. The number of allylic oxidation sites excluding steroid dienone is 1. The molecule has 210 valence electrons. The van der Waals surface area contributed by atoms with Crippen LogP contribution in [0.2, 0.25) is 0 Å². The topological polar surface area (TPSA) is 109 Å². The van der Waals surface area contributed by atoms with Gasteiger partial charge in [0.2, 0.25) is 0 Å². The Labute approximate surface area is 229 Å². The molecule has 0 aromatic heterocycles. The first-order valence-electron chi connectivity index (χ1n) is 14.3. The van der Waals surface area contributed by atoms with Gasteiger partial charge in [-0.3, -0.25) is 0 Å². The molecule has 0 saturated carbocycles. The van der Waals surface area contributed by atoms with Crippen molar-refractivity contribution in [1.29, 1.82) is 0 Å². The van der Waals surface area contributed by atoms with Crippen LogP contribution < -0.4 is 15.8 Å². The summed E-state index contributed by atoms with van der Waals surface area (Å²) < 4.78 is 12.0. The molecule has 0 saturated heterocycles. The lowest BCUT2D eigenvalue weighted by Gasteiger charge is -2.21. The Morgan fingerprint density at radius 3 is 2.79 bits per heavy atom. The van der Waals surface area contributed by atoms with Crippen molar-refractivity contribution in [3.8, 4) is 11.5 Å². The van der Waals surface area contributed by atoms with Crippen molar-refractivity contribution in [2.75, 3.05) is 26.2 Å². The maximum atomic E-state index is 10.3. The summed E-state index contributed by atoms with van der Waals surface area (Å²) in [5.41, 5.74) is 7.84. The summed E-state index contributed by atoms with van der Waals surface area (Å²) in [5.74, 6) is 2.00. The highest BCUT2D eigenvalue weighted by Crippen LogP contribution is 2.30. The number of rotatable bonds is 19. The zero-order chi connectivity index (χ0) is 27.2. The van der Waals surface area contributed by atoms with Gasteiger partial charge >= 0.3 is 0 Å². The number of aliphatic imine (C=N–C) groups is 1. The summed E-state index contributed by atoms with van der Waals surface area (Å²) in [7, 11) is 0. The van der Waals surface area contributed by atoms with Gasteiger partial charge in [-0.05, 0) is 57.4 Å². The van der Waals surface area contributed by atoms with Gasteiger partial charge in [-0.15, -0.1) is 4.99 Å². The van der Waals surface area contributed by atoms with Crippen molar-refractivity contribution < 1.29 is 19.7 Å². The van der Waals surface area contributed by atoms with E-state index in [0.717, 1.165) is 56.1 Å². The number of aliphatic hydroxyl groups excluding tert-OH is 1. The van der Waals surface area contributed by atoms with Gasteiger partial charge in [0.15, 0.2) is 23.8 Å². The SMILES string of the molecule is CC(O)CNCC(C)C1=C[C+](CCOc2cc(CCC3=C[CH-]C(CCCCCCCN)O3)ccc2O)N=C1. The maximum Gasteiger partial charge on any atom is 0.176 e. The third kappa shape index (κ3) is 10.6. The van der Waals surface area contributed by atoms with E-state index in [2.05, 4.69) is 35.8 Å². The second-order valence-corrected chi connectivity index (χ2v) is 10.5. The monoisotopic (exact) mass is 525 g/mol. The molecule has 2 aliphatic heterocycles. The van der Waals surface area contributed by atoms with Crippen LogP contribution in [0, 0.1) is 18.4 Å². The Bertz CT molecular complexity index is 928. The molecule has 2 heterocycles. The van der Waals surface area contributed by atoms with E-state index >= 15 is 0 Å². The molecule has 1 aromatic carbocycles. The minimum atomic E-state index is -0.349. The Morgan fingerprint density at radius 2 is 1.97 bits per heavy atom. The molecule has 0 amide bonds. The molecule has 0 bridgehead atoms. The van der Waals surface area contributed by atoms with E-state index in [4.69, 9.17) is 15.2 Å². The van der Waals surface area contributed by atoms with Gasteiger partial charge in [-0.2, -0.15) is 12.5 Å². The van der Waals surface area contributed by atoms with Crippen molar-refractivity contribution in [3.63, 3.8) is 0 Å². The first-order chi connectivity index (χ1) is 18.4. The van der Waals surface area contributed by atoms with Gasteiger partial charge in [0.1, 0.15) is 12.2 Å². The molecule has 5 N–H and O–H groups in total. The molecule has 7 nitrogen and oxygen atoms in total. The van der Waals surface area contributed by atoms with Crippen LogP contribution in [0.25, 0.3) is 0 Å². The predicted molar refractivity (Wildman–Crippen MR) is 154 cm³/mol. The van der Waals surface area contributed by atoms with Gasteiger partial charge in [-0.1, -0.05) is 43.9 Å². The number of aryl methyl sites for hydroxylation is 1. The minimum absolute atomic E-state index is 0.152. The van der Waals surface area contributed by atoms with E-state index in [1.165, 1.54) is 31.3 Å². The van der Waals surface area contributed by atoms with Crippen LogP contribution in [0.5, 0.6) is 11.5 Å². The number of hydrogen-bond acceptors (Lipinski definition) is 7. The van der Waals surface area contributed by atoms with Crippen LogP contribution in [-0.4, -0.2) is 54.9 Å². The highest BCUT2D eigenvalue weighted by molar-refractivity contribution is 5.83. The number of nitrogens with one attached hydrogen (secondary N) is 1. The summed E-state index contributed by atoms with van der Waals surface area (Å²) in [6, 6.07) is 6.55. The number of nitrogens with zero attached hydrogens (tertiary/aromatic N) is 1. The van der Waals surface area contributed by atoms with Gasteiger partial charge in [-0.25, -0.2) is 0 Å². The van der Waals surface area contributed by atoms with Gasteiger partial charge < -0.3 is 30.7 Å². The van der Waals surface area contributed by atoms with Crippen LogP contribution in [0.3, 0.4) is 0 Å². The molecule has 3 rings (SSSR count). The Hall–Kier alpha value is -2.61. The number of nitrogens with two attached hydrogens (primary N) is 1. The number of unbranched alkanes of at least 4 members (excludes halogenated alkanes) is 4. The van der Waals surface area contributed by atoms with Crippen molar-refractivity contribution in [2.45, 2.75) is 83.8 Å². The number of aliphatic hydroxyl groups is 1. The first kappa shape index (κ1) is 29.9.